The molecule has 1 heterocycles. The number of rotatable bonds is 3. The molecular weight excluding hydrogens is 260 g/mol. The largest absolute Gasteiger partial charge is 0.375 e. The van der Waals surface area contributed by atoms with Gasteiger partial charge in [-0.3, -0.25) is 4.90 Å². The van der Waals surface area contributed by atoms with Crippen LogP contribution in [0.5, 0.6) is 0 Å². The second-order valence-corrected chi connectivity index (χ2v) is 6.78. The van der Waals surface area contributed by atoms with E-state index in [2.05, 4.69) is 36.9 Å². The fourth-order valence-electron chi connectivity index (χ4n) is 3.99. The van der Waals surface area contributed by atoms with Crippen molar-refractivity contribution in [2.45, 2.75) is 57.7 Å². The van der Waals surface area contributed by atoms with E-state index in [0.717, 1.165) is 19.7 Å². The summed E-state index contributed by atoms with van der Waals surface area (Å²) < 4.78 is 5.96. The summed E-state index contributed by atoms with van der Waals surface area (Å²) in [6.07, 6.45) is 5.58. The molecule has 0 amide bonds. The fraction of sp³-hybridized carbons (Fsp3) is 0.667. The maximum atomic E-state index is 6.50. The molecule has 21 heavy (non-hydrogen) atoms. The summed E-state index contributed by atoms with van der Waals surface area (Å²) in [5, 5.41) is 0. The first-order valence-corrected chi connectivity index (χ1v) is 8.33. The highest BCUT2D eigenvalue weighted by atomic mass is 16.5. The molecule has 3 nitrogen and oxygen atoms in total. The molecule has 1 aromatic rings. The van der Waals surface area contributed by atoms with Crippen molar-refractivity contribution in [2.24, 2.45) is 5.73 Å². The van der Waals surface area contributed by atoms with E-state index >= 15 is 0 Å². The maximum absolute atomic E-state index is 6.50. The Morgan fingerprint density at radius 3 is 2.67 bits per heavy atom. The number of morpholine rings is 1. The molecule has 3 heteroatoms. The van der Waals surface area contributed by atoms with E-state index in [1.54, 1.807) is 0 Å². The van der Waals surface area contributed by atoms with Gasteiger partial charge in [0.1, 0.15) is 0 Å². The molecule has 0 radical (unpaired) electrons. The molecule has 1 aliphatic carbocycles. The zero-order valence-electron chi connectivity index (χ0n) is 13.3. The van der Waals surface area contributed by atoms with Gasteiger partial charge in [0.2, 0.25) is 0 Å². The van der Waals surface area contributed by atoms with Gasteiger partial charge in [0.05, 0.1) is 12.7 Å². The summed E-state index contributed by atoms with van der Waals surface area (Å²) in [5.41, 5.74) is 10.4. The minimum Gasteiger partial charge on any atom is -0.375 e. The van der Waals surface area contributed by atoms with Crippen LogP contribution in [-0.4, -0.2) is 36.7 Å². The first-order valence-electron chi connectivity index (χ1n) is 8.33. The van der Waals surface area contributed by atoms with Gasteiger partial charge in [0.15, 0.2) is 0 Å². The number of hydrogen-bond acceptors (Lipinski definition) is 3. The number of ether oxygens (including phenoxy) is 1. The molecule has 1 aliphatic heterocycles. The first-order chi connectivity index (χ1) is 10.1. The third kappa shape index (κ3) is 3.47. The predicted octanol–water partition coefficient (Wildman–Crippen LogP) is 2.95. The van der Waals surface area contributed by atoms with Crippen LogP contribution in [0.25, 0.3) is 0 Å². The lowest BCUT2D eigenvalue weighted by molar-refractivity contribution is -0.0894. The maximum Gasteiger partial charge on any atom is 0.0730 e. The topological polar surface area (TPSA) is 38.5 Å². The first kappa shape index (κ1) is 15.0. The third-order valence-corrected chi connectivity index (χ3v) is 4.95. The van der Waals surface area contributed by atoms with Gasteiger partial charge in [-0.1, -0.05) is 42.2 Å². The van der Waals surface area contributed by atoms with Crippen molar-refractivity contribution < 1.29 is 4.74 Å². The Labute approximate surface area is 128 Å². The van der Waals surface area contributed by atoms with Crippen LogP contribution in [0.1, 0.15) is 48.4 Å². The van der Waals surface area contributed by atoms with Gasteiger partial charge in [-0.05, 0) is 32.3 Å². The van der Waals surface area contributed by atoms with Gasteiger partial charge >= 0.3 is 0 Å². The second-order valence-electron chi connectivity index (χ2n) is 6.78. The highest BCUT2D eigenvalue weighted by Gasteiger charge is 2.34. The number of hydrogen-bond donors (Lipinski definition) is 1. The molecule has 3 rings (SSSR count). The monoisotopic (exact) mass is 288 g/mol. The molecule has 3 unspecified atom stereocenters. The van der Waals surface area contributed by atoms with E-state index in [4.69, 9.17) is 10.5 Å². The van der Waals surface area contributed by atoms with Crippen LogP contribution < -0.4 is 5.73 Å². The van der Waals surface area contributed by atoms with Crippen LogP contribution in [-0.2, 0) is 4.74 Å². The summed E-state index contributed by atoms with van der Waals surface area (Å²) in [5.74, 6) is 0. The summed E-state index contributed by atoms with van der Waals surface area (Å²) in [6, 6.07) is 7.36. The fourth-order valence-corrected chi connectivity index (χ4v) is 3.99. The Kier molecular flexibility index (Phi) is 4.63. The SMILES string of the molecule is Cc1cc(C)cc(C(N)CN2CCOC3CCCCC32)c1. The lowest BCUT2D eigenvalue weighted by atomic mass is 9.89. The van der Waals surface area contributed by atoms with Gasteiger partial charge in [-0.25, -0.2) is 0 Å². The molecule has 3 atom stereocenters. The molecule has 1 saturated heterocycles. The molecule has 0 aromatic heterocycles. The van der Waals surface area contributed by atoms with Crippen LogP contribution >= 0.6 is 0 Å². The zero-order valence-corrected chi connectivity index (χ0v) is 13.3. The molecule has 116 valence electrons. The molecule has 2 N–H and O–H groups in total. The van der Waals surface area contributed by atoms with Crippen LogP contribution in [0.15, 0.2) is 18.2 Å². The number of nitrogens with zero attached hydrogens (tertiary/aromatic N) is 1. The number of benzene rings is 1. The number of fused-ring (bicyclic) bond motifs is 1. The van der Waals surface area contributed by atoms with Crippen LogP contribution in [0.2, 0.25) is 0 Å². The van der Waals surface area contributed by atoms with Crippen molar-refractivity contribution in [1.82, 2.24) is 4.90 Å². The standard InChI is InChI=1S/C18H28N2O/c1-13-9-14(2)11-15(10-13)16(19)12-20-7-8-21-18-6-4-3-5-17(18)20/h9-11,16-18H,3-8,12,19H2,1-2H3. The van der Waals surface area contributed by atoms with Crippen molar-refractivity contribution in [2.75, 3.05) is 19.7 Å². The highest BCUT2D eigenvalue weighted by Crippen LogP contribution is 2.29. The van der Waals surface area contributed by atoms with Gasteiger partial charge in [-0.15, -0.1) is 0 Å². The van der Waals surface area contributed by atoms with Crippen molar-refractivity contribution in [1.29, 1.82) is 0 Å². The molecular formula is C18H28N2O. The van der Waals surface area contributed by atoms with Crippen LogP contribution in [0.3, 0.4) is 0 Å². The van der Waals surface area contributed by atoms with E-state index in [1.807, 2.05) is 0 Å². The number of aryl methyl sites for hydroxylation is 2. The van der Waals surface area contributed by atoms with Crippen molar-refractivity contribution in [3.8, 4) is 0 Å². The average molecular weight is 288 g/mol. The second kappa shape index (κ2) is 6.47. The minimum atomic E-state index is 0.101. The van der Waals surface area contributed by atoms with Gasteiger partial charge in [-0.2, -0.15) is 0 Å². The Bertz CT molecular complexity index is 466. The van der Waals surface area contributed by atoms with Crippen LogP contribution in [0, 0.1) is 13.8 Å². The zero-order chi connectivity index (χ0) is 14.8. The minimum absolute atomic E-state index is 0.101. The van der Waals surface area contributed by atoms with E-state index in [-0.39, 0.29) is 6.04 Å². The summed E-state index contributed by atoms with van der Waals surface area (Å²) >= 11 is 0. The van der Waals surface area contributed by atoms with E-state index in [0.29, 0.717) is 12.1 Å². The van der Waals surface area contributed by atoms with Crippen molar-refractivity contribution >= 4 is 0 Å². The Balaban J connectivity index is 1.69. The lowest BCUT2D eigenvalue weighted by Gasteiger charge is -2.44. The Morgan fingerprint density at radius 2 is 1.90 bits per heavy atom. The molecule has 2 fully saturated rings. The molecule has 0 spiro atoms. The highest BCUT2D eigenvalue weighted by molar-refractivity contribution is 5.30. The summed E-state index contributed by atoms with van der Waals surface area (Å²) in [7, 11) is 0. The molecule has 1 saturated carbocycles. The molecule has 2 aliphatic rings. The van der Waals surface area contributed by atoms with Gasteiger partial charge < -0.3 is 10.5 Å². The summed E-state index contributed by atoms with van der Waals surface area (Å²) in [4.78, 5) is 2.58. The predicted molar refractivity (Wildman–Crippen MR) is 86.4 cm³/mol. The normalized spacial score (nSPS) is 28.1. The third-order valence-electron chi connectivity index (χ3n) is 4.95. The smallest absolute Gasteiger partial charge is 0.0730 e. The molecule has 1 aromatic carbocycles. The summed E-state index contributed by atoms with van der Waals surface area (Å²) in [6.45, 7) is 7.14. The Morgan fingerprint density at radius 1 is 1.19 bits per heavy atom. The van der Waals surface area contributed by atoms with Gasteiger partial charge in [0.25, 0.3) is 0 Å². The van der Waals surface area contributed by atoms with E-state index < -0.39 is 0 Å². The van der Waals surface area contributed by atoms with E-state index in [9.17, 15) is 0 Å². The lowest BCUT2D eigenvalue weighted by Crippen LogP contribution is -2.54. The Hall–Kier alpha value is -0.900. The molecule has 0 bridgehead atoms. The van der Waals surface area contributed by atoms with Crippen LogP contribution in [0.4, 0.5) is 0 Å². The number of nitrogens with two attached hydrogens (primary N) is 1. The van der Waals surface area contributed by atoms with Crippen molar-refractivity contribution in [3.63, 3.8) is 0 Å². The van der Waals surface area contributed by atoms with E-state index in [1.165, 1.54) is 42.4 Å². The average Bonchev–Trinajstić information content (AvgIpc) is 2.46. The van der Waals surface area contributed by atoms with Crippen molar-refractivity contribution in [3.05, 3.63) is 34.9 Å². The quantitative estimate of drug-likeness (QED) is 0.929. The van der Waals surface area contributed by atoms with Gasteiger partial charge in [0, 0.05) is 25.2 Å².